The second kappa shape index (κ2) is 7.73. The first-order valence-corrected chi connectivity index (χ1v) is 19.9. The van der Waals surface area contributed by atoms with E-state index in [1.807, 2.05) is 0 Å². The van der Waals surface area contributed by atoms with Crippen LogP contribution < -0.4 is 0 Å². The van der Waals surface area contributed by atoms with E-state index in [1.165, 1.54) is 12.8 Å². The van der Waals surface area contributed by atoms with Crippen LogP contribution in [-0.2, 0) is 33.2 Å². The summed E-state index contributed by atoms with van der Waals surface area (Å²) < 4.78 is 3.50. The molecule has 0 fully saturated rings. The van der Waals surface area contributed by atoms with Gasteiger partial charge in [-0.25, -0.2) is 0 Å². The van der Waals surface area contributed by atoms with Crippen LogP contribution in [0.2, 0.25) is 31.4 Å². The molecule has 2 heteroatoms. The SMILES string of the molecule is CC1=C(C)[C]([Ti]([CH3])([CH3])[CH3])=C(C)C1.CC1=C(C)[C]([Ti]([CH3])([CH3])[CH3])=CC1. The fraction of sp³-hybridized carbons (Fsp3) is 0.619. The molecule has 0 nitrogen and oxygen atoms in total. The topological polar surface area (TPSA) is 0 Å². The molecule has 0 unspecified atom stereocenters. The molecule has 23 heavy (non-hydrogen) atoms. The van der Waals surface area contributed by atoms with E-state index < -0.39 is 33.2 Å². The second-order valence-electron chi connectivity index (χ2n) is 9.46. The van der Waals surface area contributed by atoms with E-state index in [1.54, 1.807) is 35.6 Å². The van der Waals surface area contributed by atoms with Gasteiger partial charge in [-0.1, -0.05) is 0 Å². The minimum absolute atomic E-state index is 1.21. The van der Waals surface area contributed by atoms with E-state index in [9.17, 15) is 0 Å². The summed E-state index contributed by atoms with van der Waals surface area (Å²) in [5, 5.41) is 14.9. The molecule has 130 valence electrons. The van der Waals surface area contributed by atoms with Crippen LogP contribution in [0, 0.1) is 0 Å². The summed E-state index contributed by atoms with van der Waals surface area (Å²) >= 11 is -3.06. The maximum absolute atomic E-state index is 2.49. The Kier molecular flexibility index (Phi) is 7.21. The van der Waals surface area contributed by atoms with Crippen molar-refractivity contribution in [2.45, 2.75) is 78.8 Å². The molecule has 0 aromatic rings. The zero-order valence-corrected chi connectivity index (χ0v) is 20.6. The zero-order valence-electron chi connectivity index (χ0n) is 17.5. The summed E-state index contributed by atoms with van der Waals surface area (Å²) in [7, 11) is 0. The fourth-order valence-electron chi connectivity index (χ4n) is 4.01. The molecule has 0 saturated heterocycles. The molecular formula is C21H38Ti2. The normalized spacial score (nSPS) is 19.3. The Morgan fingerprint density at radius 2 is 1.17 bits per heavy atom. The molecule has 0 amide bonds. The van der Waals surface area contributed by atoms with Gasteiger partial charge in [0.2, 0.25) is 0 Å². The Balaban J connectivity index is 0.000000231. The van der Waals surface area contributed by atoms with E-state index in [0.29, 0.717) is 0 Å². The molecule has 0 aromatic carbocycles. The molecule has 2 rings (SSSR count). The van der Waals surface area contributed by atoms with E-state index in [-0.39, 0.29) is 0 Å². The molecule has 0 saturated carbocycles. The summed E-state index contributed by atoms with van der Waals surface area (Å²) in [5.74, 6) is 0. The Morgan fingerprint density at radius 1 is 0.652 bits per heavy atom. The van der Waals surface area contributed by atoms with Gasteiger partial charge in [0.15, 0.2) is 0 Å². The molecule has 0 radical (unpaired) electrons. The van der Waals surface area contributed by atoms with Gasteiger partial charge in [0, 0.05) is 0 Å². The first-order chi connectivity index (χ1) is 10.3. The Hall–Kier alpha value is 0.389. The summed E-state index contributed by atoms with van der Waals surface area (Å²) in [5.41, 5.74) is 8.04. The summed E-state index contributed by atoms with van der Waals surface area (Å²) in [6, 6.07) is 0. The van der Waals surface area contributed by atoms with Crippen LogP contribution in [0.5, 0.6) is 0 Å². The van der Waals surface area contributed by atoms with Crippen LogP contribution in [0.15, 0.2) is 41.7 Å². The maximum atomic E-state index is 2.49. The van der Waals surface area contributed by atoms with Crippen molar-refractivity contribution in [3.63, 3.8) is 0 Å². The third kappa shape index (κ3) is 5.43. The fourth-order valence-corrected chi connectivity index (χ4v) is 11.4. The number of hydrogen-bond donors (Lipinski definition) is 0. The molecule has 2 aliphatic rings. The zero-order chi connectivity index (χ0) is 18.2. The van der Waals surface area contributed by atoms with E-state index in [4.69, 9.17) is 0 Å². The summed E-state index contributed by atoms with van der Waals surface area (Å²) in [6.07, 6.45) is 4.90. The third-order valence-corrected chi connectivity index (χ3v) is 12.2. The van der Waals surface area contributed by atoms with Gasteiger partial charge in [-0.15, -0.1) is 0 Å². The first kappa shape index (κ1) is 21.4. The molecule has 0 heterocycles. The molecular weight excluding hydrogens is 348 g/mol. The standard InChI is InChI=1S/C8H11.C7H9.6CH3.2Ti/c1-6-4-7(2)8(3)5-6;1-6-4-3-5-7(6)2;;;;;;;;/h4H2,1-3H3;3H,4H2,1-2H3;6*1H3;;. The number of rotatable bonds is 2. The predicted molar refractivity (Wildman–Crippen MR) is 102 cm³/mol. The van der Waals surface area contributed by atoms with Gasteiger partial charge in [-0.05, 0) is 0 Å². The molecule has 0 aliphatic heterocycles. The Morgan fingerprint density at radius 3 is 1.35 bits per heavy atom. The van der Waals surface area contributed by atoms with Crippen LogP contribution in [0.25, 0.3) is 0 Å². The van der Waals surface area contributed by atoms with Gasteiger partial charge >= 0.3 is 154 Å². The van der Waals surface area contributed by atoms with Gasteiger partial charge in [0.25, 0.3) is 0 Å². The monoisotopic (exact) mass is 386 g/mol. The van der Waals surface area contributed by atoms with Gasteiger partial charge in [-0.2, -0.15) is 0 Å². The van der Waals surface area contributed by atoms with Crippen molar-refractivity contribution < 1.29 is 33.2 Å². The van der Waals surface area contributed by atoms with Crippen LogP contribution in [-0.4, -0.2) is 0 Å². The molecule has 2 aliphatic carbocycles. The van der Waals surface area contributed by atoms with Crippen molar-refractivity contribution in [1.82, 2.24) is 0 Å². The predicted octanol–water partition coefficient (Wildman–Crippen LogP) is 8.21. The van der Waals surface area contributed by atoms with Gasteiger partial charge in [0.1, 0.15) is 0 Å². The van der Waals surface area contributed by atoms with E-state index in [0.717, 1.165) is 0 Å². The molecule has 0 atom stereocenters. The second-order valence-corrected chi connectivity index (χ2v) is 25.1. The average Bonchev–Trinajstić information content (AvgIpc) is 2.80. The van der Waals surface area contributed by atoms with Crippen LogP contribution >= 0.6 is 0 Å². The molecule has 0 spiro atoms. The van der Waals surface area contributed by atoms with Crippen LogP contribution in [0.1, 0.15) is 47.5 Å². The summed E-state index contributed by atoms with van der Waals surface area (Å²) in [4.78, 5) is 0. The molecule has 0 bridgehead atoms. The Labute approximate surface area is 152 Å². The van der Waals surface area contributed by atoms with Crippen molar-refractivity contribution in [1.29, 1.82) is 0 Å². The third-order valence-electron chi connectivity index (χ3n) is 5.19. The minimum atomic E-state index is -1.56. The Bertz CT molecular complexity index is 597. The van der Waals surface area contributed by atoms with Gasteiger partial charge < -0.3 is 0 Å². The molecule has 0 aromatic heterocycles. The summed E-state index contributed by atoms with van der Waals surface area (Å²) in [6.45, 7) is 11.4. The van der Waals surface area contributed by atoms with Crippen molar-refractivity contribution in [3.05, 3.63) is 41.7 Å². The quantitative estimate of drug-likeness (QED) is 0.420. The van der Waals surface area contributed by atoms with Crippen molar-refractivity contribution in [3.8, 4) is 0 Å². The van der Waals surface area contributed by atoms with Gasteiger partial charge in [0.05, 0.1) is 0 Å². The van der Waals surface area contributed by atoms with E-state index >= 15 is 0 Å². The van der Waals surface area contributed by atoms with Gasteiger partial charge in [-0.3, -0.25) is 0 Å². The average molecular weight is 386 g/mol. The van der Waals surface area contributed by atoms with E-state index in [2.05, 4.69) is 72.1 Å². The van der Waals surface area contributed by atoms with Crippen LogP contribution in [0.3, 0.4) is 0 Å². The van der Waals surface area contributed by atoms with Crippen LogP contribution in [0.4, 0.5) is 0 Å². The molecule has 0 N–H and O–H groups in total. The van der Waals surface area contributed by atoms with Crippen molar-refractivity contribution in [2.24, 2.45) is 0 Å². The number of allylic oxidation sites excluding steroid dienone is 8. The first-order valence-electron chi connectivity index (χ1n) is 9.01. The van der Waals surface area contributed by atoms with Crippen molar-refractivity contribution >= 4 is 0 Å². The van der Waals surface area contributed by atoms with Crippen molar-refractivity contribution in [2.75, 3.05) is 0 Å². The number of hydrogen-bond acceptors (Lipinski definition) is 0.